The van der Waals surface area contributed by atoms with E-state index >= 15 is 0 Å². The standard InChI is InChI=1S/C21H35N3O3.HI/c1-5-22-19(24-15-21(10-12-25)11-13-27-16-21)23-14-20(2,3)17-6-8-18(26-4)9-7-17;/h6-9,25H,5,10-16H2,1-4H3,(H2,22,23,24);1H. The maximum Gasteiger partial charge on any atom is 0.191 e. The molecule has 1 saturated heterocycles. The maximum absolute atomic E-state index is 9.40. The summed E-state index contributed by atoms with van der Waals surface area (Å²) in [4.78, 5) is 4.82. The first-order chi connectivity index (χ1) is 12.9. The van der Waals surface area contributed by atoms with Gasteiger partial charge in [-0.1, -0.05) is 26.0 Å². The molecule has 1 aromatic carbocycles. The van der Waals surface area contributed by atoms with Crippen LogP contribution in [0.2, 0.25) is 0 Å². The van der Waals surface area contributed by atoms with Crippen molar-refractivity contribution in [2.75, 3.05) is 46.6 Å². The lowest BCUT2D eigenvalue weighted by atomic mass is 9.84. The van der Waals surface area contributed by atoms with E-state index in [9.17, 15) is 5.11 Å². The van der Waals surface area contributed by atoms with E-state index in [2.05, 4.69) is 43.5 Å². The number of nitrogens with zero attached hydrogens (tertiary/aromatic N) is 1. The summed E-state index contributed by atoms with van der Waals surface area (Å²) >= 11 is 0. The summed E-state index contributed by atoms with van der Waals surface area (Å²) in [6.07, 6.45) is 1.72. The number of aliphatic imine (C=N–C) groups is 1. The van der Waals surface area contributed by atoms with E-state index < -0.39 is 0 Å². The molecule has 0 amide bonds. The fourth-order valence-corrected chi connectivity index (χ4v) is 3.33. The van der Waals surface area contributed by atoms with Crippen molar-refractivity contribution in [1.82, 2.24) is 10.6 Å². The Labute approximate surface area is 186 Å². The van der Waals surface area contributed by atoms with Crippen LogP contribution in [-0.2, 0) is 10.2 Å². The zero-order chi connectivity index (χ0) is 19.8. The second kappa shape index (κ2) is 11.8. The van der Waals surface area contributed by atoms with Crippen molar-refractivity contribution in [1.29, 1.82) is 0 Å². The van der Waals surface area contributed by atoms with Gasteiger partial charge in [0.25, 0.3) is 0 Å². The highest BCUT2D eigenvalue weighted by Gasteiger charge is 2.34. The van der Waals surface area contributed by atoms with Crippen LogP contribution in [0.1, 0.15) is 39.2 Å². The number of ether oxygens (including phenoxy) is 2. The maximum atomic E-state index is 9.40. The zero-order valence-corrected chi connectivity index (χ0v) is 19.9. The number of hydrogen-bond donors (Lipinski definition) is 3. The predicted octanol–water partition coefficient (Wildman–Crippen LogP) is 2.94. The number of methoxy groups -OCH3 is 1. The van der Waals surface area contributed by atoms with Crippen LogP contribution in [0.25, 0.3) is 0 Å². The normalized spacial score (nSPS) is 19.8. The van der Waals surface area contributed by atoms with Gasteiger partial charge in [0.15, 0.2) is 5.96 Å². The van der Waals surface area contributed by atoms with Crippen molar-refractivity contribution < 1.29 is 14.6 Å². The molecule has 2 rings (SSSR count). The second-order valence-electron chi connectivity index (χ2n) is 7.94. The van der Waals surface area contributed by atoms with Crippen LogP contribution in [0.4, 0.5) is 0 Å². The fraction of sp³-hybridized carbons (Fsp3) is 0.667. The van der Waals surface area contributed by atoms with Gasteiger partial charge in [0, 0.05) is 37.1 Å². The van der Waals surface area contributed by atoms with Gasteiger partial charge in [-0.05, 0) is 37.5 Å². The highest BCUT2D eigenvalue weighted by molar-refractivity contribution is 14.0. The summed E-state index contributed by atoms with van der Waals surface area (Å²) in [7, 11) is 1.68. The Hall–Kier alpha value is -1.06. The number of aliphatic hydroxyl groups excluding tert-OH is 1. The molecule has 1 unspecified atom stereocenters. The van der Waals surface area contributed by atoms with Crippen molar-refractivity contribution in [3.63, 3.8) is 0 Å². The second-order valence-corrected chi connectivity index (χ2v) is 7.94. The smallest absolute Gasteiger partial charge is 0.191 e. The fourth-order valence-electron chi connectivity index (χ4n) is 3.33. The van der Waals surface area contributed by atoms with Crippen molar-refractivity contribution in [2.24, 2.45) is 10.4 Å². The number of hydrogen-bond acceptors (Lipinski definition) is 4. The van der Waals surface area contributed by atoms with Crippen LogP contribution >= 0.6 is 24.0 Å². The van der Waals surface area contributed by atoms with Crippen molar-refractivity contribution in [3.05, 3.63) is 29.8 Å². The Bertz CT molecular complexity index is 599. The number of rotatable bonds is 9. The molecule has 0 saturated carbocycles. The lowest BCUT2D eigenvalue weighted by Gasteiger charge is -2.28. The third-order valence-corrected chi connectivity index (χ3v) is 5.31. The molecule has 0 aliphatic carbocycles. The minimum Gasteiger partial charge on any atom is -0.497 e. The highest BCUT2D eigenvalue weighted by atomic mass is 127. The molecule has 7 heteroatoms. The van der Waals surface area contributed by atoms with Crippen LogP contribution in [0, 0.1) is 5.41 Å². The molecule has 3 N–H and O–H groups in total. The zero-order valence-electron chi connectivity index (χ0n) is 17.6. The van der Waals surface area contributed by atoms with E-state index in [0.717, 1.165) is 44.2 Å². The monoisotopic (exact) mass is 505 g/mol. The van der Waals surface area contributed by atoms with Crippen molar-refractivity contribution in [3.8, 4) is 5.75 Å². The molecule has 160 valence electrons. The van der Waals surface area contributed by atoms with Gasteiger partial charge >= 0.3 is 0 Å². The van der Waals surface area contributed by atoms with Gasteiger partial charge < -0.3 is 25.2 Å². The van der Waals surface area contributed by atoms with Gasteiger partial charge in [0.05, 0.1) is 20.3 Å². The molecule has 1 aromatic rings. The Kier molecular flexibility index (Phi) is 10.5. The minimum absolute atomic E-state index is 0. The van der Waals surface area contributed by atoms with Gasteiger partial charge in [0.1, 0.15) is 5.75 Å². The average molecular weight is 505 g/mol. The Morgan fingerprint density at radius 1 is 1.29 bits per heavy atom. The van der Waals surface area contributed by atoms with Gasteiger partial charge in [0.2, 0.25) is 0 Å². The molecular weight excluding hydrogens is 469 g/mol. The molecule has 1 fully saturated rings. The van der Waals surface area contributed by atoms with Crippen LogP contribution in [0.3, 0.4) is 0 Å². The molecule has 1 atom stereocenters. The average Bonchev–Trinajstić information content (AvgIpc) is 3.13. The Morgan fingerprint density at radius 3 is 2.54 bits per heavy atom. The number of guanidine groups is 1. The van der Waals surface area contributed by atoms with Gasteiger partial charge in [-0.2, -0.15) is 0 Å². The molecular formula is C21H36IN3O3. The summed E-state index contributed by atoms with van der Waals surface area (Å²) in [5.41, 5.74) is 1.13. The third kappa shape index (κ3) is 7.08. The van der Waals surface area contributed by atoms with Gasteiger partial charge in [-0.25, -0.2) is 0 Å². The lowest BCUT2D eigenvalue weighted by molar-refractivity contribution is 0.127. The number of halogens is 1. The van der Waals surface area contributed by atoms with E-state index in [1.807, 2.05) is 12.1 Å². The van der Waals surface area contributed by atoms with Gasteiger partial charge in [-0.3, -0.25) is 4.99 Å². The van der Waals surface area contributed by atoms with Crippen LogP contribution in [0.15, 0.2) is 29.3 Å². The SMILES string of the molecule is CCNC(=NCC(C)(C)c1ccc(OC)cc1)NCC1(CCO)CCOC1.I. The minimum atomic E-state index is -0.0894. The van der Waals surface area contributed by atoms with E-state index in [4.69, 9.17) is 14.5 Å². The highest BCUT2D eigenvalue weighted by Crippen LogP contribution is 2.31. The Morgan fingerprint density at radius 2 is 2.00 bits per heavy atom. The van der Waals surface area contributed by atoms with Crippen LogP contribution in [-0.4, -0.2) is 57.6 Å². The first kappa shape index (κ1) is 25.0. The Balaban J connectivity index is 0.00000392. The van der Waals surface area contributed by atoms with Crippen LogP contribution in [0.5, 0.6) is 5.75 Å². The molecule has 28 heavy (non-hydrogen) atoms. The summed E-state index contributed by atoms with van der Waals surface area (Å²) < 4.78 is 10.8. The summed E-state index contributed by atoms with van der Waals surface area (Å²) in [5, 5.41) is 16.2. The first-order valence-electron chi connectivity index (χ1n) is 9.80. The van der Waals surface area contributed by atoms with E-state index in [1.54, 1.807) is 7.11 Å². The van der Waals surface area contributed by atoms with Crippen molar-refractivity contribution in [2.45, 2.75) is 39.0 Å². The number of nitrogens with one attached hydrogen (secondary N) is 2. The molecule has 1 aliphatic heterocycles. The number of benzene rings is 1. The topological polar surface area (TPSA) is 75.1 Å². The summed E-state index contributed by atoms with van der Waals surface area (Å²) in [5.74, 6) is 1.67. The lowest BCUT2D eigenvalue weighted by Crippen LogP contribution is -2.45. The van der Waals surface area contributed by atoms with Gasteiger partial charge in [-0.15, -0.1) is 24.0 Å². The van der Waals surface area contributed by atoms with E-state index in [-0.39, 0.29) is 41.4 Å². The molecule has 0 aromatic heterocycles. The largest absolute Gasteiger partial charge is 0.497 e. The molecule has 6 nitrogen and oxygen atoms in total. The third-order valence-electron chi connectivity index (χ3n) is 5.31. The first-order valence-corrected chi connectivity index (χ1v) is 9.80. The number of aliphatic hydroxyl groups is 1. The molecule has 1 aliphatic rings. The molecule has 1 heterocycles. The van der Waals surface area contributed by atoms with E-state index in [1.165, 1.54) is 5.56 Å². The molecule has 0 spiro atoms. The summed E-state index contributed by atoms with van der Waals surface area (Å²) in [6, 6.07) is 8.17. The predicted molar refractivity (Wildman–Crippen MR) is 125 cm³/mol. The van der Waals surface area contributed by atoms with Crippen LogP contribution < -0.4 is 15.4 Å². The summed E-state index contributed by atoms with van der Waals surface area (Å²) in [6.45, 7) is 10.3. The van der Waals surface area contributed by atoms with E-state index in [0.29, 0.717) is 13.2 Å². The molecule has 0 bridgehead atoms. The molecule has 0 radical (unpaired) electrons. The quantitative estimate of drug-likeness (QED) is 0.274. The van der Waals surface area contributed by atoms with Crippen molar-refractivity contribution >= 4 is 29.9 Å².